The summed E-state index contributed by atoms with van der Waals surface area (Å²) in [6.07, 6.45) is 0. The van der Waals surface area contributed by atoms with Gasteiger partial charge in [0.15, 0.2) is 0 Å². The van der Waals surface area contributed by atoms with Gasteiger partial charge in [-0.15, -0.1) is 0 Å². The van der Waals surface area contributed by atoms with Crippen LogP contribution in [0.5, 0.6) is 0 Å². The van der Waals surface area contributed by atoms with Gasteiger partial charge in [0.25, 0.3) is 0 Å². The van der Waals surface area contributed by atoms with Gasteiger partial charge >= 0.3 is 0 Å². The Morgan fingerprint density at radius 3 is 2.50 bits per heavy atom. The molecule has 0 saturated heterocycles. The second-order valence-electron chi connectivity index (χ2n) is 3.57. The highest BCUT2D eigenvalue weighted by Gasteiger charge is 2.18. The van der Waals surface area contributed by atoms with Gasteiger partial charge in [-0.05, 0) is 30.8 Å². The Balaban J connectivity index is 3.23. The van der Waals surface area contributed by atoms with Gasteiger partial charge in [0, 0.05) is 25.7 Å². The van der Waals surface area contributed by atoms with Crippen LogP contribution in [0.1, 0.15) is 5.56 Å². The van der Waals surface area contributed by atoms with Crippen LogP contribution in [0, 0.1) is 0 Å². The van der Waals surface area contributed by atoms with Crippen LogP contribution in [0.25, 0.3) is 0 Å². The third-order valence-electron chi connectivity index (χ3n) is 2.16. The molecule has 0 atom stereocenters. The van der Waals surface area contributed by atoms with E-state index >= 15 is 0 Å². The van der Waals surface area contributed by atoms with Gasteiger partial charge in [-0.25, -0.2) is 12.7 Å². The van der Waals surface area contributed by atoms with Crippen molar-refractivity contribution in [3.05, 3.63) is 28.8 Å². The number of nitrogens with zero attached hydrogens (tertiary/aromatic N) is 1. The highest BCUT2D eigenvalue weighted by molar-refractivity contribution is 7.89. The molecule has 0 spiro atoms. The molecule has 0 amide bonds. The van der Waals surface area contributed by atoms with Gasteiger partial charge in [0.1, 0.15) is 0 Å². The Morgan fingerprint density at radius 1 is 1.38 bits per heavy atom. The summed E-state index contributed by atoms with van der Waals surface area (Å²) in [5.74, 6) is 0. The number of rotatable bonds is 4. The van der Waals surface area contributed by atoms with E-state index in [-0.39, 0.29) is 4.90 Å². The van der Waals surface area contributed by atoms with Gasteiger partial charge in [-0.2, -0.15) is 0 Å². The first kappa shape index (κ1) is 13.4. The number of benzene rings is 1. The quantitative estimate of drug-likeness (QED) is 0.890. The lowest BCUT2D eigenvalue weighted by Gasteiger charge is -2.13. The van der Waals surface area contributed by atoms with Crippen molar-refractivity contribution in [3.8, 4) is 0 Å². The third-order valence-corrected chi connectivity index (χ3v) is 4.34. The Hall–Kier alpha value is -0.620. The minimum atomic E-state index is -3.39. The highest BCUT2D eigenvalue weighted by Crippen LogP contribution is 2.21. The van der Waals surface area contributed by atoms with Crippen LogP contribution in [-0.2, 0) is 16.6 Å². The highest BCUT2D eigenvalue weighted by atomic mass is 35.5. The summed E-state index contributed by atoms with van der Waals surface area (Å²) < 4.78 is 24.9. The monoisotopic (exact) mass is 262 g/mol. The molecule has 0 aliphatic rings. The Labute approximate surface area is 101 Å². The zero-order chi connectivity index (χ0) is 12.3. The number of halogens is 1. The van der Waals surface area contributed by atoms with Gasteiger partial charge in [0.2, 0.25) is 10.0 Å². The predicted molar refractivity (Wildman–Crippen MR) is 65.1 cm³/mol. The van der Waals surface area contributed by atoms with E-state index < -0.39 is 10.0 Å². The first-order valence-electron chi connectivity index (χ1n) is 4.75. The third kappa shape index (κ3) is 2.74. The van der Waals surface area contributed by atoms with Crippen molar-refractivity contribution < 1.29 is 8.42 Å². The molecule has 1 N–H and O–H groups in total. The molecule has 0 aliphatic heterocycles. The van der Waals surface area contributed by atoms with Gasteiger partial charge in [-0.3, -0.25) is 0 Å². The van der Waals surface area contributed by atoms with Crippen molar-refractivity contribution >= 4 is 21.6 Å². The van der Waals surface area contributed by atoms with E-state index in [1.807, 2.05) is 0 Å². The average Bonchev–Trinajstić information content (AvgIpc) is 2.21. The molecule has 0 unspecified atom stereocenters. The van der Waals surface area contributed by atoms with Gasteiger partial charge in [-0.1, -0.05) is 11.6 Å². The minimum absolute atomic E-state index is 0.257. The Kier molecular flexibility index (Phi) is 4.32. The van der Waals surface area contributed by atoms with E-state index in [1.54, 1.807) is 19.2 Å². The van der Waals surface area contributed by atoms with Gasteiger partial charge in [0.05, 0.1) is 4.90 Å². The lowest BCUT2D eigenvalue weighted by molar-refractivity contribution is 0.520. The molecule has 1 rings (SSSR count). The zero-order valence-corrected chi connectivity index (χ0v) is 11.1. The number of sulfonamides is 1. The summed E-state index contributed by atoms with van der Waals surface area (Å²) >= 11 is 5.96. The fraction of sp³-hybridized carbons (Fsp3) is 0.400. The molecule has 0 aromatic heterocycles. The Bertz CT molecular complexity index is 472. The Morgan fingerprint density at radius 2 is 2.00 bits per heavy atom. The molecule has 0 fully saturated rings. The molecule has 0 heterocycles. The van der Waals surface area contributed by atoms with Crippen molar-refractivity contribution in [1.29, 1.82) is 0 Å². The predicted octanol–water partition coefficient (Wildman–Crippen LogP) is 1.31. The molecule has 0 bridgehead atoms. The van der Waals surface area contributed by atoms with Crippen molar-refractivity contribution in [2.75, 3.05) is 21.1 Å². The van der Waals surface area contributed by atoms with E-state index in [1.165, 1.54) is 24.5 Å². The molecule has 1 aromatic rings. The molecule has 0 radical (unpaired) electrons. The van der Waals surface area contributed by atoms with E-state index in [2.05, 4.69) is 5.32 Å². The molecular weight excluding hydrogens is 248 g/mol. The van der Waals surface area contributed by atoms with Crippen LogP contribution in [0.2, 0.25) is 5.02 Å². The van der Waals surface area contributed by atoms with Crippen molar-refractivity contribution in [2.24, 2.45) is 0 Å². The maximum atomic E-state index is 11.9. The van der Waals surface area contributed by atoms with Crippen LogP contribution in [0.4, 0.5) is 0 Å². The van der Waals surface area contributed by atoms with Crippen LogP contribution >= 0.6 is 11.6 Å². The smallest absolute Gasteiger partial charge is 0.242 e. The average molecular weight is 263 g/mol. The summed E-state index contributed by atoms with van der Waals surface area (Å²) in [4.78, 5) is 0.257. The summed E-state index contributed by atoms with van der Waals surface area (Å²) in [5.41, 5.74) is 0.770. The van der Waals surface area contributed by atoms with Crippen molar-refractivity contribution in [1.82, 2.24) is 9.62 Å². The fourth-order valence-corrected chi connectivity index (χ4v) is 2.39. The SMILES string of the molecule is CNCc1cc(S(=O)(=O)N(C)C)ccc1Cl. The van der Waals surface area contributed by atoms with E-state index in [0.717, 1.165) is 5.56 Å². The maximum absolute atomic E-state index is 11.9. The molecule has 1 aromatic carbocycles. The first-order valence-corrected chi connectivity index (χ1v) is 6.57. The minimum Gasteiger partial charge on any atom is -0.316 e. The van der Waals surface area contributed by atoms with Crippen LogP contribution in [-0.4, -0.2) is 33.9 Å². The summed E-state index contributed by atoms with van der Waals surface area (Å²) in [6, 6.07) is 4.70. The van der Waals surface area contributed by atoms with E-state index in [9.17, 15) is 8.42 Å². The number of nitrogens with one attached hydrogen (secondary N) is 1. The van der Waals surface area contributed by atoms with E-state index in [0.29, 0.717) is 11.6 Å². The zero-order valence-electron chi connectivity index (χ0n) is 9.49. The summed E-state index contributed by atoms with van der Waals surface area (Å²) in [5, 5.41) is 3.50. The molecule has 90 valence electrons. The second kappa shape index (κ2) is 5.14. The standard InChI is InChI=1S/C10H15ClN2O2S/c1-12-7-8-6-9(4-5-10(8)11)16(14,15)13(2)3/h4-6,12H,7H2,1-3H3. The second-order valence-corrected chi connectivity index (χ2v) is 6.13. The van der Waals surface area contributed by atoms with Crippen molar-refractivity contribution in [3.63, 3.8) is 0 Å². The van der Waals surface area contributed by atoms with Crippen LogP contribution < -0.4 is 5.32 Å². The largest absolute Gasteiger partial charge is 0.316 e. The lowest BCUT2D eigenvalue weighted by atomic mass is 10.2. The molecular formula is C10H15ClN2O2S. The van der Waals surface area contributed by atoms with Gasteiger partial charge < -0.3 is 5.32 Å². The molecule has 6 heteroatoms. The molecule has 4 nitrogen and oxygen atoms in total. The van der Waals surface area contributed by atoms with Crippen molar-refractivity contribution in [2.45, 2.75) is 11.4 Å². The number of hydrogen-bond donors (Lipinski definition) is 1. The van der Waals surface area contributed by atoms with Crippen LogP contribution in [0.15, 0.2) is 23.1 Å². The first-order chi connectivity index (χ1) is 7.39. The normalized spacial score (nSPS) is 12.1. The topological polar surface area (TPSA) is 49.4 Å². The fourth-order valence-electron chi connectivity index (χ4n) is 1.25. The summed E-state index contributed by atoms with van der Waals surface area (Å²) in [6.45, 7) is 0.537. The lowest BCUT2D eigenvalue weighted by Crippen LogP contribution is -2.22. The number of hydrogen-bond acceptors (Lipinski definition) is 3. The molecule has 16 heavy (non-hydrogen) atoms. The van der Waals surface area contributed by atoms with Crippen LogP contribution in [0.3, 0.4) is 0 Å². The maximum Gasteiger partial charge on any atom is 0.242 e. The molecule has 0 saturated carbocycles. The molecule has 0 aliphatic carbocycles. The summed E-state index contributed by atoms with van der Waals surface area (Å²) in [7, 11) is 1.40. The van der Waals surface area contributed by atoms with E-state index in [4.69, 9.17) is 11.6 Å².